The number of hydrogen-bond donors (Lipinski definition) is 1. The molecule has 0 spiro atoms. The molecule has 0 saturated heterocycles. The Morgan fingerprint density at radius 3 is 2.44 bits per heavy atom. The van der Waals surface area contributed by atoms with E-state index in [9.17, 15) is 9.59 Å². The minimum Gasteiger partial charge on any atom is -0.384 e. The van der Waals surface area contributed by atoms with Crippen LogP contribution in [0.4, 0.5) is 0 Å². The summed E-state index contributed by atoms with van der Waals surface area (Å²) in [7, 11) is 0. The van der Waals surface area contributed by atoms with Crippen LogP contribution < -0.4 is 5.32 Å². The molecule has 0 aromatic heterocycles. The highest BCUT2D eigenvalue weighted by Crippen LogP contribution is 2.41. The number of nitrogens with one attached hydrogen (secondary N) is 1. The van der Waals surface area contributed by atoms with Crippen LogP contribution in [0, 0.1) is 24.7 Å². The summed E-state index contributed by atoms with van der Waals surface area (Å²) in [5.41, 5.74) is 4.44. The summed E-state index contributed by atoms with van der Waals surface area (Å²) in [4.78, 5) is 25.6. The van der Waals surface area contributed by atoms with Crippen LogP contribution in [0.3, 0.4) is 0 Å². The number of hydrogen-bond acceptors (Lipinski definition) is 3. The Bertz CT molecular complexity index is 755. The normalized spacial score (nSPS) is 28.6. The van der Waals surface area contributed by atoms with Gasteiger partial charge in [-0.25, -0.2) is 0 Å². The number of Topliss-reactive ketones (excluding diaryl/α,β-unsaturated/α-hetero) is 2. The third-order valence-corrected chi connectivity index (χ3v) is 6.91. The minimum absolute atomic E-state index is 0.0993. The summed E-state index contributed by atoms with van der Waals surface area (Å²) in [6.07, 6.45) is 8.35. The number of benzene rings is 1. The molecule has 1 saturated carbocycles. The summed E-state index contributed by atoms with van der Waals surface area (Å²) < 4.78 is 0. The van der Waals surface area contributed by atoms with Gasteiger partial charge in [-0.1, -0.05) is 62.4 Å². The Kier molecular flexibility index (Phi) is 5.21. The molecule has 144 valence electrons. The van der Waals surface area contributed by atoms with Crippen molar-refractivity contribution in [2.45, 2.75) is 71.3 Å². The Balaban J connectivity index is 1.62. The molecule has 0 bridgehead atoms. The van der Waals surface area contributed by atoms with Crippen LogP contribution in [0.15, 0.2) is 35.5 Å². The number of ketones is 2. The summed E-state index contributed by atoms with van der Waals surface area (Å²) in [5.74, 6) is 0.748. The van der Waals surface area contributed by atoms with Gasteiger partial charge in [0.15, 0.2) is 5.78 Å². The van der Waals surface area contributed by atoms with Gasteiger partial charge in [-0.15, -0.1) is 0 Å². The van der Waals surface area contributed by atoms with Gasteiger partial charge < -0.3 is 5.32 Å². The van der Waals surface area contributed by atoms with Crippen molar-refractivity contribution in [2.75, 3.05) is 0 Å². The third kappa shape index (κ3) is 3.61. The molecule has 3 nitrogen and oxygen atoms in total. The zero-order valence-electron chi connectivity index (χ0n) is 16.6. The van der Waals surface area contributed by atoms with E-state index < -0.39 is 5.92 Å². The number of rotatable bonds is 5. The maximum atomic E-state index is 13.2. The standard InChI is InChI=1S/C24H31NO2/c1-3-18-22(26)14-21-23(24(18)27)19(12-17-10-8-15(2)9-11-17)20(25-21)13-16-6-4-5-7-16/h8-11,16,18-20,25H,3-7,12-14H2,1-2H3. The van der Waals surface area contributed by atoms with E-state index in [-0.39, 0.29) is 17.5 Å². The van der Waals surface area contributed by atoms with Gasteiger partial charge in [0.2, 0.25) is 0 Å². The van der Waals surface area contributed by atoms with Crippen LogP contribution in [0.25, 0.3) is 0 Å². The Morgan fingerprint density at radius 2 is 1.78 bits per heavy atom. The quantitative estimate of drug-likeness (QED) is 0.780. The molecule has 3 aliphatic rings. The predicted molar refractivity (Wildman–Crippen MR) is 107 cm³/mol. The van der Waals surface area contributed by atoms with Crippen LogP contribution in [-0.4, -0.2) is 17.6 Å². The second kappa shape index (κ2) is 7.61. The number of aryl methyl sites for hydroxylation is 1. The lowest BCUT2D eigenvalue weighted by molar-refractivity contribution is -0.131. The van der Waals surface area contributed by atoms with Crippen molar-refractivity contribution in [1.29, 1.82) is 0 Å². The maximum absolute atomic E-state index is 13.2. The van der Waals surface area contributed by atoms with Gasteiger partial charge in [-0.3, -0.25) is 9.59 Å². The van der Waals surface area contributed by atoms with Crippen LogP contribution in [0.1, 0.15) is 63.0 Å². The average molecular weight is 366 g/mol. The van der Waals surface area contributed by atoms with E-state index in [1.165, 1.54) is 36.8 Å². The van der Waals surface area contributed by atoms with E-state index in [0.29, 0.717) is 18.9 Å². The predicted octanol–water partition coefficient (Wildman–Crippen LogP) is 4.53. The first-order valence-electron chi connectivity index (χ1n) is 10.7. The smallest absolute Gasteiger partial charge is 0.171 e. The third-order valence-electron chi connectivity index (χ3n) is 6.91. The van der Waals surface area contributed by atoms with Crippen LogP contribution >= 0.6 is 0 Å². The maximum Gasteiger partial charge on any atom is 0.171 e. The molecule has 3 heteroatoms. The van der Waals surface area contributed by atoms with E-state index in [2.05, 4.69) is 36.5 Å². The molecule has 1 heterocycles. The minimum atomic E-state index is -0.420. The molecule has 1 fully saturated rings. The Hall–Kier alpha value is -1.90. The van der Waals surface area contributed by atoms with E-state index in [1.807, 2.05) is 6.92 Å². The summed E-state index contributed by atoms with van der Waals surface area (Å²) >= 11 is 0. The van der Waals surface area contributed by atoms with Gasteiger partial charge in [-0.05, 0) is 37.7 Å². The molecule has 3 unspecified atom stereocenters. The van der Waals surface area contributed by atoms with Crippen molar-refractivity contribution in [3.63, 3.8) is 0 Å². The zero-order chi connectivity index (χ0) is 19.0. The van der Waals surface area contributed by atoms with E-state index in [1.54, 1.807) is 0 Å². The van der Waals surface area contributed by atoms with Gasteiger partial charge in [0.25, 0.3) is 0 Å². The van der Waals surface area contributed by atoms with Gasteiger partial charge in [0.05, 0.1) is 5.92 Å². The van der Waals surface area contributed by atoms with E-state index >= 15 is 0 Å². The second-order valence-electron chi connectivity index (χ2n) is 8.79. The van der Waals surface area contributed by atoms with Crippen LogP contribution in [-0.2, 0) is 16.0 Å². The highest BCUT2D eigenvalue weighted by atomic mass is 16.2. The summed E-state index contributed by atoms with van der Waals surface area (Å²) in [5, 5.41) is 3.64. The largest absolute Gasteiger partial charge is 0.384 e. The number of allylic oxidation sites excluding steroid dienone is 1. The fourth-order valence-electron chi connectivity index (χ4n) is 5.40. The van der Waals surface area contributed by atoms with Crippen molar-refractivity contribution in [3.05, 3.63) is 46.7 Å². The molecule has 1 N–H and O–H groups in total. The molecule has 2 aliphatic carbocycles. The number of carbonyl (C=O) groups is 2. The monoisotopic (exact) mass is 365 g/mol. The molecule has 1 aliphatic heterocycles. The lowest BCUT2D eigenvalue weighted by Crippen LogP contribution is -2.33. The summed E-state index contributed by atoms with van der Waals surface area (Å²) in [6.45, 7) is 4.06. The fourth-order valence-corrected chi connectivity index (χ4v) is 5.40. The van der Waals surface area contributed by atoms with Crippen molar-refractivity contribution in [1.82, 2.24) is 5.32 Å². The lowest BCUT2D eigenvalue weighted by Gasteiger charge is -2.26. The van der Waals surface area contributed by atoms with E-state index in [4.69, 9.17) is 0 Å². The number of carbonyl (C=O) groups excluding carboxylic acids is 2. The van der Waals surface area contributed by atoms with Crippen molar-refractivity contribution >= 4 is 11.6 Å². The molecular weight excluding hydrogens is 334 g/mol. The van der Waals surface area contributed by atoms with Crippen molar-refractivity contribution in [2.24, 2.45) is 17.8 Å². The SMILES string of the molecule is CCC1C(=O)CC2=C(C1=O)C(Cc1ccc(C)cc1)C(CC1CCCC1)N2. The second-order valence-corrected chi connectivity index (χ2v) is 8.79. The summed E-state index contributed by atoms with van der Waals surface area (Å²) in [6, 6.07) is 8.99. The zero-order valence-corrected chi connectivity index (χ0v) is 16.6. The van der Waals surface area contributed by atoms with Gasteiger partial charge in [-0.2, -0.15) is 0 Å². The fraction of sp³-hybridized carbons (Fsp3) is 0.583. The first-order valence-corrected chi connectivity index (χ1v) is 10.7. The molecular formula is C24H31NO2. The highest BCUT2D eigenvalue weighted by Gasteiger charge is 2.45. The van der Waals surface area contributed by atoms with Crippen molar-refractivity contribution < 1.29 is 9.59 Å². The Morgan fingerprint density at radius 1 is 1.07 bits per heavy atom. The van der Waals surface area contributed by atoms with Crippen LogP contribution in [0.5, 0.6) is 0 Å². The Labute approximate surface area is 162 Å². The molecule has 1 aromatic carbocycles. The first-order chi connectivity index (χ1) is 13.1. The molecule has 27 heavy (non-hydrogen) atoms. The first kappa shape index (κ1) is 18.5. The molecule has 0 radical (unpaired) electrons. The molecule has 3 atom stereocenters. The van der Waals surface area contributed by atoms with Crippen molar-refractivity contribution in [3.8, 4) is 0 Å². The molecule has 1 aromatic rings. The highest BCUT2D eigenvalue weighted by molar-refractivity contribution is 6.14. The lowest BCUT2D eigenvalue weighted by atomic mass is 9.75. The topological polar surface area (TPSA) is 46.2 Å². The van der Waals surface area contributed by atoms with Crippen LogP contribution in [0.2, 0.25) is 0 Å². The van der Waals surface area contributed by atoms with Gasteiger partial charge in [0, 0.05) is 29.7 Å². The molecule has 0 amide bonds. The average Bonchev–Trinajstić information content (AvgIpc) is 3.26. The van der Waals surface area contributed by atoms with E-state index in [0.717, 1.165) is 30.0 Å². The van der Waals surface area contributed by atoms with Gasteiger partial charge in [0.1, 0.15) is 5.78 Å². The molecule has 4 rings (SSSR count). The van der Waals surface area contributed by atoms with Gasteiger partial charge >= 0.3 is 0 Å².